The van der Waals surface area contributed by atoms with E-state index in [0.29, 0.717) is 17.2 Å². The zero-order valence-corrected chi connectivity index (χ0v) is 15.6. The normalized spacial score (nSPS) is 11.4. The van der Waals surface area contributed by atoms with Gasteiger partial charge < -0.3 is 19.5 Å². The van der Waals surface area contributed by atoms with Crippen LogP contribution in [0.3, 0.4) is 0 Å². The van der Waals surface area contributed by atoms with E-state index in [2.05, 4.69) is 21.2 Å². The maximum absolute atomic E-state index is 12.3. The second kappa shape index (κ2) is 8.53. The number of rotatable bonds is 6. The number of hydrogen-bond donors (Lipinski definition) is 1. The molecule has 0 aliphatic heterocycles. The molecule has 0 saturated carbocycles. The molecule has 0 aliphatic carbocycles. The summed E-state index contributed by atoms with van der Waals surface area (Å²) in [5, 5.41) is 2.68. The molecule has 0 aliphatic rings. The third-order valence-electron chi connectivity index (χ3n) is 3.35. The first-order valence-electron chi connectivity index (χ1n) is 7.43. The Kier molecular flexibility index (Phi) is 6.41. The third kappa shape index (κ3) is 5.22. The first-order chi connectivity index (χ1) is 11.9. The maximum Gasteiger partial charge on any atom is 0.339 e. The number of carbonyl (C=O) groups is 2. The van der Waals surface area contributed by atoms with Gasteiger partial charge in [0.15, 0.2) is 6.10 Å². The molecule has 0 heterocycles. The number of nitrogens with one attached hydrogen (secondary N) is 1. The Balaban J connectivity index is 2.03. The topological polar surface area (TPSA) is 73.9 Å². The van der Waals surface area contributed by atoms with Crippen LogP contribution < -0.4 is 14.8 Å². The van der Waals surface area contributed by atoms with Gasteiger partial charge in [0.2, 0.25) is 0 Å². The largest absolute Gasteiger partial charge is 0.497 e. The van der Waals surface area contributed by atoms with Crippen molar-refractivity contribution in [1.82, 2.24) is 0 Å². The number of halogens is 1. The highest BCUT2D eigenvalue weighted by molar-refractivity contribution is 9.10. The first-order valence-corrected chi connectivity index (χ1v) is 8.22. The van der Waals surface area contributed by atoms with Crippen molar-refractivity contribution >= 4 is 33.5 Å². The Bertz CT molecular complexity index is 738. The Morgan fingerprint density at radius 2 is 1.56 bits per heavy atom. The van der Waals surface area contributed by atoms with Crippen molar-refractivity contribution in [3.63, 3.8) is 0 Å². The Labute approximate surface area is 154 Å². The van der Waals surface area contributed by atoms with E-state index < -0.39 is 18.0 Å². The molecule has 2 rings (SSSR count). The van der Waals surface area contributed by atoms with Gasteiger partial charge in [-0.2, -0.15) is 0 Å². The van der Waals surface area contributed by atoms with Gasteiger partial charge in [-0.05, 0) is 43.3 Å². The van der Waals surface area contributed by atoms with Crippen LogP contribution in [0.4, 0.5) is 5.69 Å². The van der Waals surface area contributed by atoms with Gasteiger partial charge in [-0.15, -0.1) is 0 Å². The van der Waals surface area contributed by atoms with Crippen LogP contribution >= 0.6 is 15.9 Å². The first kappa shape index (κ1) is 18.8. The van der Waals surface area contributed by atoms with Crippen LogP contribution in [0, 0.1) is 0 Å². The molecular weight excluding hydrogens is 390 g/mol. The van der Waals surface area contributed by atoms with Gasteiger partial charge in [0.25, 0.3) is 5.91 Å². The Hall–Kier alpha value is -2.54. The number of anilines is 1. The second-order valence-electron chi connectivity index (χ2n) is 5.15. The van der Waals surface area contributed by atoms with Crippen LogP contribution in [-0.2, 0) is 9.53 Å². The molecular formula is C18H18BrNO5. The lowest BCUT2D eigenvalue weighted by atomic mass is 10.2. The maximum atomic E-state index is 12.3. The fourth-order valence-electron chi connectivity index (χ4n) is 1.98. The number of carbonyl (C=O) groups excluding carboxylic acids is 2. The smallest absolute Gasteiger partial charge is 0.339 e. The van der Waals surface area contributed by atoms with Gasteiger partial charge in [0, 0.05) is 16.2 Å². The van der Waals surface area contributed by atoms with E-state index in [-0.39, 0.29) is 5.56 Å². The van der Waals surface area contributed by atoms with E-state index in [1.165, 1.54) is 33.3 Å². The second-order valence-corrected chi connectivity index (χ2v) is 6.06. The van der Waals surface area contributed by atoms with E-state index in [1.54, 1.807) is 30.3 Å². The molecule has 0 fully saturated rings. The minimum absolute atomic E-state index is 0.236. The van der Waals surface area contributed by atoms with Gasteiger partial charge in [0.1, 0.15) is 11.5 Å². The van der Waals surface area contributed by atoms with Crippen LogP contribution in [0.2, 0.25) is 0 Å². The van der Waals surface area contributed by atoms with Crippen LogP contribution in [0.25, 0.3) is 0 Å². The monoisotopic (exact) mass is 407 g/mol. The van der Waals surface area contributed by atoms with Crippen LogP contribution in [-0.4, -0.2) is 32.2 Å². The Morgan fingerprint density at radius 3 is 2.08 bits per heavy atom. The lowest BCUT2D eigenvalue weighted by Gasteiger charge is -2.14. The van der Waals surface area contributed by atoms with Crippen LogP contribution in [0.15, 0.2) is 46.9 Å². The fourth-order valence-corrected chi connectivity index (χ4v) is 2.25. The molecule has 2 aromatic carbocycles. The molecule has 0 aromatic heterocycles. The summed E-state index contributed by atoms with van der Waals surface area (Å²) in [4.78, 5) is 24.4. The van der Waals surface area contributed by atoms with Gasteiger partial charge in [-0.25, -0.2) is 4.79 Å². The number of benzene rings is 2. The van der Waals surface area contributed by atoms with Gasteiger partial charge in [-0.1, -0.05) is 15.9 Å². The third-order valence-corrected chi connectivity index (χ3v) is 3.88. The summed E-state index contributed by atoms with van der Waals surface area (Å²) in [5.41, 5.74) is 0.846. The summed E-state index contributed by atoms with van der Waals surface area (Å²) in [7, 11) is 2.97. The molecule has 1 N–H and O–H groups in total. The van der Waals surface area contributed by atoms with Crippen molar-refractivity contribution < 1.29 is 23.8 Å². The molecule has 132 valence electrons. The molecule has 1 atom stereocenters. The number of methoxy groups -OCH3 is 2. The van der Waals surface area contributed by atoms with E-state index in [9.17, 15) is 9.59 Å². The molecule has 0 unspecified atom stereocenters. The van der Waals surface area contributed by atoms with Crippen LogP contribution in [0.5, 0.6) is 11.5 Å². The number of ether oxygens (including phenoxy) is 3. The van der Waals surface area contributed by atoms with Crippen molar-refractivity contribution in [3.05, 3.63) is 52.5 Å². The van der Waals surface area contributed by atoms with Gasteiger partial charge >= 0.3 is 5.97 Å². The zero-order chi connectivity index (χ0) is 18.4. The molecule has 0 radical (unpaired) electrons. The minimum Gasteiger partial charge on any atom is -0.497 e. The highest BCUT2D eigenvalue weighted by Crippen LogP contribution is 2.23. The van der Waals surface area contributed by atoms with E-state index >= 15 is 0 Å². The summed E-state index contributed by atoms with van der Waals surface area (Å²) in [6, 6.07) is 11.8. The molecule has 0 saturated heterocycles. The summed E-state index contributed by atoms with van der Waals surface area (Å²) in [5.74, 6) is -0.155. The van der Waals surface area contributed by atoms with Crippen molar-refractivity contribution in [2.45, 2.75) is 13.0 Å². The number of esters is 1. The number of hydrogen-bond acceptors (Lipinski definition) is 5. The highest BCUT2D eigenvalue weighted by atomic mass is 79.9. The summed E-state index contributed by atoms with van der Waals surface area (Å²) in [6.45, 7) is 1.50. The van der Waals surface area contributed by atoms with E-state index in [4.69, 9.17) is 14.2 Å². The number of amides is 1. The summed E-state index contributed by atoms with van der Waals surface area (Å²) in [6.07, 6.45) is -0.964. The molecule has 0 bridgehead atoms. The van der Waals surface area contributed by atoms with Crippen molar-refractivity contribution in [1.29, 1.82) is 0 Å². The van der Waals surface area contributed by atoms with Gasteiger partial charge in [-0.3, -0.25) is 4.79 Å². The molecule has 7 heteroatoms. The molecule has 0 spiro atoms. The minimum atomic E-state index is -0.964. The van der Waals surface area contributed by atoms with Crippen LogP contribution in [0.1, 0.15) is 17.3 Å². The quantitative estimate of drug-likeness (QED) is 0.739. The lowest BCUT2D eigenvalue weighted by Crippen LogP contribution is -2.30. The summed E-state index contributed by atoms with van der Waals surface area (Å²) < 4.78 is 16.4. The molecule has 25 heavy (non-hydrogen) atoms. The van der Waals surface area contributed by atoms with E-state index in [1.807, 2.05) is 0 Å². The Morgan fingerprint density at radius 1 is 1.00 bits per heavy atom. The lowest BCUT2D eigenvalue weighted by molar-refractivity contribution is -0.123. The van der Waals surface area contributed by atoms with E-state index in [0.717, 1.165) is 4.47 Å². The summed E-state index contributed by atoms with van der Waals surface area (Å²) >= 11 is 3.32. The molecule has 1 amide bonds. The fraction of sp³-hybridized carbons (Fsp3) is 0.222. The molecule has 2 aromatic rings. The van der Waals surface area contributed by atoms with Crippen molar-refractivity contribution in [3.8, 4) is 11.5 Å². The van der Waals surface area contributed by atoms with Crippen molar-refractivity contribution in [2.75, 3.05) is 19.5 Å². The zero-order valence-electron chi connectivity index (χ0n) is 14.0. The average molecular weight is 408 g/mol. The standard InChI is InChI=1S/C18H18BrNO5/c1-11(17(21)20-14-6-4-13(19)5-7-14)25-18(22)12-8-15(23-2)10-16(9-12)24-3/h4-11H,1-3H3,(H,20,21)/t11-/m1/s1. The predicted octanol–water partition coefficient (Wildman–Crippen LogP) is 3.65. The predicted molar refractivity (Wildman–Crippen MR) is 97.2 cm³/mol. The van der Waals surface area contributed by atoms with Crippen molar-refractivity contribution in [2.24, 2.45) is 0 Å². The molecule has 6 nitrogen and oxygen atoms in total. The highest BCUT2D eigenvalue weighted by Gasteiger charge is 2.20. The van der Waals surface area contributed by atoms with Gasteiger partial charge in [0.05, 0.1) is 19.8 Å². The average Bonchev–Trinajstić information content (AvgIpc) is 2.62. The SMILES string of the molecule is COc1cc(OC)cc(C(=O)O[C@H](C)C(=O)Nc2ccc(Br)cc2)c1.